The second kappa shape index (κ2) is 13.3. The molecule has 216 valence electrons. The van der Waals surface area contributed by atoms with Crippen LogP contribution in [0.3, 0.4) is 0 Å². The van der Waals surface area contributed by atoms with E-state index in [-0.39, 0.29) is 30.4 Å². The summed E-state index contributed by atoms with van der Waals surface area (Å²) in [6.45, 7) is 0.902. The van der Waals surface area contributed by atoms with E-state index in [1.54, 1.807) is 55.6 Å². The van der Waals surface area contributed by atoms with Crippen molar-refractivity contribution in [2.45, 2.75) is 11.0 Å². The monoisotopic (exact) mass is 575 g/mol. The van der Waals surface area contributed by atoms with Crippen molar-refractivity contribution < 1.29 is 23.1 Å². The van der Waals surface area contributed by atoms with Crippen molar-refractivity contribution in [3.8, 4) is 5.75 Å². The molecule has 0 aromatic heterocycles. The zero-order chi connectivity index (χ0) is 29.6. The van der Waals surface area contributed by atoms with Crippen LogP contribution >= 0.6 is 0 Å². The molecule has 0 spiro atoms. The zero-order valence-corrected chi connectivity index (χ0v) is 24.7. The smallest absolute Gasteiger partial charge is 0.243 e. The van der Waals surface area contributed by atoms with E-state index in [2.05, 4.69) is 0 Å². The Balaban J connectivity index is 1.34. The topological polar surface area (TPSA) is 90.4 Å². The SMILES string of the molecule is CN(CCN(C)S(=O)(=O)c1cccc2c(N(C)C)cccc12)C[C@@H](O)COc1ccccc1C(=O)c1ccccc1. The van der Waals surface area contributed by atoms with Crippen LogP contribution in [0.25, 0.3) is 10.8 Å². The van der Waals surface area contributed by atoms with Crippen molar-refractivity contribution in [3.05, 3.63) is 102 Å². The van der Waals surface area contributed by atoms with Crippen LogP contribution in [0, 0.1) is 0 Å². The van der Waals surface area contributed by atoms with E-state index < -0.39 is 16.1 Å². The van der Waals surface area contributed by atoms with E-state index in [1.807, 2.05) is 73.4 Å². The molecule has 0 bridgehead atoms. The molecule has 0 aliphatic heterocycles. The number of carbonyl (C=O) groups excluding carboxylic acids is 1. The molecule has 0 fully saturated rings. The molecule has 0 saturated carbocycles. The Kier molecular flexibility index (Phi) is 9.77. The van der Waals surface area contributed by atoms with Gasteiger partial charge in [0.25, 0.3) is 0 Å². The highest BCUT2D eigenvalue weighted by molar-refractivity contribution is 7.89. The summed E-state index contributed by atoms with van der Waals surface area (Å²) in [5, 5.41) is 12.2. The summed E-state index contributed by atoms with van der Waals surface area (Å²) in [7, 11) is 3.50. The molecule has 8 nitrogen and oxygen atoms in total. The van der Waals surface area contributed by atoms with E-state index in [1.165, 1.54) is 4.31 Å². The fourth-order valence-corrected chi connectivity index (χ4v) is 6.06. The first-order chi connectivity index (χ1) is 19.6. The van der Waals surface area contributed by atoms with Gasteiger partial charge in [0.15, 0.2) is 5.78 Å². The zero-order valence-electron chi connectivity index (χ0n) is 23.9. The normalized spacial score (nSPS) is 12.6. The lowest BCUT2D eigenvalue weighted by Gasteiger charge is -2.25. The minimum absolute atomic E-state index is 0.0121. The number of carbonyl (C=O) groups is 1. The van der Waals surface area contributed by atoms with Gasteiger partial charge in [-0.2, -0.15) is 4.31 Å². The van der Waals surface area contributed by atoms with Crippen LogP contribution in [0.15, 0.2) is 95.9 Å². The molecule has 0 aliphatic carbocycles. The van der Waals surface area contributed by atoms with Gasteiger partial charge < -0.3 is 19.6 Å². The van der Waals surface area contributed by atoms with Gasteiger partial charge >= 0.3 is 0 Å². The number of nitrogens with zero attached hydrogens (tertiary/aromatic N) is 3. The van der Waals surface area contributed by atoms with Gasteiger partial charge in [-0.15, -0.1) is 0 Å². The summed E-state index contributed by atoms with van der Waals surface area (Å²) in [6, 6.07) is 26.9. The van der Waals surface area contributed by atoms with Gasteiger partial charge in [-0.1, -0.05) is 66.7 Å². The average molecular weight is 576 g/mol. The molecule has 0 heterocycles. The van der Waals surface area contributed by atoms with Crippen molar-refractivity contribution in [1.82, 2.24) is 9.21 Å². The third-order valence-corrected chi connectivity index (χ3v) is 8.86. The first-order valence-corrected chi connectivity index (χ1v) is 14.9. The molecule has 0 unspecified atom stereocenters. The summed E-state index contributed by atoms with van der Waals surface area (Å²) >= 11 is 0. The number of rotatable bonds is 13. The second-order valence-electron chi connectivity index (χ2n) is 10.3. The van der Waals surface area contributed by atoms with Crippen LogP contribution in [0.5, 0.6) is 5.75 Å². The third kappa shape index (κ3) is 7.12. The van der Waals surface area contributed by atoms with Gasteiger partial charge in [-0.25, -0.2) is 8.42 Å². The van der Waals surface area contributed by atoms with Crippen LogP contribution in [0.1, 0.15) is 15.9 Å². The number of benzene rings is 4. The molecule has 0 saturated heterocycles. The third-order valence-electron chi connectivity index (χ3n) is 6.95. The van der Waals surface area contributed by atoms with Crippen LogP contribution in [0.2, 0.25) is 0 Å². The lowest BCUT2D eigenvalue weighted by molar-refractivity contribution is 0.0747. The number of hydrogen-bond donors (Lipinski definition) is 1. The van der Waals surface area contributed by atoms with Crippen molar-refractivity contribution in [1.29, 1.82) is 0 Å². The lowest BCUT2D eigenvalue weighted by atomic mass is 10.0. The first kappa shape index (κ1) is 30.2. The molecule has 4 aromatic carbocycles. The van der Waals surface area contributed by atoms with Crippen LogP contribution in [-0.4, -0.2) is 89.0 Å². The molecular weight excluding hydrogens is 538 g/mol. The number of ether oxygens (including phenoxy) is 1. The maximum atomic E-state index is 13.5. The van der Waals surface area contributed by atoms with E-state index in [4.69, 9.17) is 4.74 Å². The van der Waals surface area contributed by atoms with Crippen LogP contribution < -0.4 is 9.64 Å². The number of aliphatic hydroxyl groups is 1. The Morgan fingerprint density at radius 3 is 2.20 bits per heavy atom. The number of likely N-dealkylation sites (N-methyl/N-ethyl adjacent to an activating group) is 2. The fraction of sp³-hybridized carbons (Fsp3) is 0.281. The molecule has 41 heavy (non-hydrogen) atoms. The van der Waals surface area contributed by atoms with Crippen molar-refractivity contribution >= 4 is 32.3 Å². The number of sulfonamides is 1. The predicted octanol–water partition coefficient (Wildman–Crippen LogP) is 4.13. The first-order valence-electron chi connectivity index (χ1n) is 13.4. The average Bonchev–Trinajstić information content (AvgIpc) is 2.98. The number of hydrogen-bond acceptors (Lipinski definition) is 7. The number of anilines is 1. The largest absolute Gasteiger partial charge is 0.490 e. The molecular formula is C32H37N3O5S. The number of para-hydroxylation sites is 1. The van der Waals surface area contributed by atoms with Gasteiger partial charge in [-0.05, 0) is 31.3 Å². The van der Waals surface area contributed by atoms with Gasteiger partial charge in [-0.3, -0.25) is 4.79 Å². The van der Waals surface area contributed by atoms with Gasteiger partial charge in [0, 0.05) is 62.8 Å². The number of fused-ring (bicyclic) bond motifs is 1. The molecule has 0 aliphatic rings. The van der Waals surface area contributed by atoms with Crippen LogP contribution in [0.4, 0.5) is 5.69 Å². The summed E-state index contributed by atoms with van der Waals surface area (Å²) in [5.41, 5.74) is 1.94. The molecule has 4 rings (SSSR count). The molecule has 0 amide bonds. The maximum Gasteiger partial charge on any atom is 0.243 e. The summed E-state index contributed by atoms with van der Waals surface area (Å²) < 4.78 is 34.2. The van der Waals surface area contributed by atoms with Crippen LogP contribution in [-0.2, 0) is 10.0 Å². The standard InChI is InChI=1S/C32H37N3O5S/c1-33(2)29-17-10-16-27-26(29)15-11-19-31(27)41(38,39)35(4)21-20-34(3)22-25(36)23-40-30-18-9-8-14-28(30)32(37)24-12-6-5-7-13-24/h5-19,25,36H,20-23H2,1-4H3/t25-/m1/s1. The van der Waals surface area contributed by atoms with Crippen molar-refractivity contribution in [3.63, 3.8) is 0 Å². The summed E-state index contributed by atoms with van der Waals surface area (Å²) in [5.74, 6) is 0.252. The van der Waals surface area contributed by atoms with Gasteiger partial charge in [0.2, 0.25) is 10.0 Å². The maximum absolute atomic E-state index is 13.5. The Morgan fingerprint density at radius 2 is 1.46 bits per heavy atom. The highest BCUT2D eigenvalue weighted by Gasteiger charge is 2.24. The summed E-state index contributed by atoms with van der Waals surface area (Å²) in [6.07, 6.45) is -0.843. The predicted molar refractivity (Wildman–Crippen MR) is 163 cm³/mol. The van der Waals surface area contributed by atoms with Crippen molar-refractivity contribution in [2.75, 3.05) is 59.3 Å². The molecule has 1 atom stereocenters. The minimum Gasteiger partial charge on any atom is -0.490 e. The van der Waals surface area contributed by atoms with E-state index in [9.17, 15) is 18.3 Å². The fourth-order valence-electron chi connectivity index (χ4n) is 4.69. The highest BCUT2D eigenvalue weighted by Crippen LogP contribution is 2.31. The quantitative estimate of drug-likeness (QED) is 0.240. The second-order valence-corrected chi connectivity index (χ2v) is 12.3. The highest BCUT2D eigenvalue weighted by atomic mass is 32.2. The van der Waals surface area contributed by atoms with E-state index in [0.717, 1.165) is 11.1 Å². The number of ketones is 1. The molecule has 0 radical (unpaired) electrons. The van der Waals surface area contributed by atoms with E-state index >= 15 is 0 Å². The molecule has 9 heteroatoms. The minimum atomic E-state index is -3.75. The Bertz CT molecular complexity index is 1590. The van der Waals surface area contributed by atoms with E-state index in [0.29, 0.717) is 28.8 Å². The van der Waals surface area contributed by atoms with Crippen molar-refractivity contribution in [2.24, 2.45) is 0 Å². The molecule has 4 aromatic rings. The lowest BCUT2D eigenvalue weighted by Crippen LogP contribution is -2.39. The summed E-state index contributed by atoms with van der Waals surface area (Å²) in [4.78, 5) is 17.0. The number of aliphatic hydroxyl groups excluding tert-OH is 1. The Hall–Kier alpha value is -3.76. The van der Waals surface area contributed by atoms with Gasteiger partial charge in [0.05, 0.1) is 10.5 Å². The Morgan fingerprint density at radius 1 is 0.805 bits per heavy atom. The Labute approximate surface area is 242 Å². The molecule has 1 N–H and O–H groups in total. The van der Waals surface area contributed by atoms with Gasteiger partial charge in [0.1, 0.15) is 18.5 Å².